The van der Waals surface area contributed by atoms with Crippen molar-refractivity contribution in [2.75, 3.05) is 50.8 Å². The third-order valence-corrected chi connectivity index (χ3v) is 5.13. The molecule has 2 fully saturated rings. The number of amides is 1. The van der Waals surface area contributed by atoms with E-state index in [1.54, 1.807) is 0 Å². The van der Waals surface area contributed by atoms with Crippen LogP contribution in [-0.4, -0.2) is 66.5 Å². The molecular weight excluding hydrogens is 318 g/mol. The van der Waals surface area contributed by atoms with Crippen molar-refractivity contribution in [1.82, 2.24) is 15.1 Å². The molecule has 3 rings (SSSR count). The van der Waals surface area contributed by atoms with Crippen molar-refractivity contribution in [3.05, 3.63) is 35.9 Å². The minimum absolute atomic E-state index is 0. The Balaban J connectivity index is 0.00000176. The van der Waals surface area contributed by atoms with Crippen LogP contribution >= 0.6 is 24.2 Å². The van der Waals surface area contributed by atoms with Crippen molar-refractivity contribution in [1.29, 1.82) is 0 Å². The molecule has 2 heterocycles. The van der Waals surface area contributed by atoms with Gasteiger partial charge in [-0.2, -0.15) is 11.8 Å². The molecule has 1 amide bonds. The second-order valence-electron chi connectivity index (χ2n) is 5.54. The Hall–Kier alpha value is -0.750. The molecule has 1 atom stereocenters. The number of benzene rings is 1. The summed E-state index contributed by atoms with van der Waals surface area (Å²) in [5, 5.41) is 3.32. The number of hydrogen-bond acceptors (Lipinski definition) is 4. The van der Waals surface area contributed by atoms with Gasteiger partial charge in [0.15, 0.2) is 0 Å². The van der Waals surface area contributed by atoms with E-state index in [1.165, 1.54) is 0 Å². The number of nitrogens with zero attached hydrogens (tertiary/aromatic N) is 2. The molecular formula is C16H24ClN3OS. The molecule has 1 unspecified atom stereocenters. The van der Waals surface area contributed by atoms with Crippen molar-refractivity contribution in [3.8, 4) is 0 Å². The number of carbonyl (C=O) groups is 1. The van der Waals surface area contributed by atoms with Crippen LogP contribution < -0.4 is 5.32 Å². The average Bonchev–Trinajstić information content (AvgIpc) is 2.58. The number of piperazine rings is 1. The first kappa shape index (κ1) is 17.6. The topological polar surface area (TPSA) is 35.6 Å². The van der Waals surface area contributed by atoms with Crippen molar-refractivity contribution >= 4 is 30.1 Å². The van der Waals surface area contributed by atoms with E-state index in [0.29, 0.717) is 0 Å². The van der Waals surface area contributed by atoms with Gasteiger partial charge in [0.25, 0.3) is 0 Å². The first-order valence-corrected chi connectivity index (χ1v) is 8.88. The van der Waals surface area contributed by atoms with E-state index < -0.39 is 0 Å². The largest absolute Gasteiger partial charge is 0.338 e. The van der Waals surface area contributed by atoms with Crippen LogP contribution in [0.15, 0.2) is 30.3 Å². The summed E-state index contributed by atoms with van der Waals surface area (Å²) in [4.78, 5) is 17.4. The quantitative estimate of drug-likeness (QED) is 0.906. The van der Waals surface area contributed by atoms with Gasteiger partial charge < -0.3 is 10.2 Å². The third kappa shape index (κ3) is 4.16. The number of rotatable bonds is 3. The lowest BCUT2D eigenvalue weighted by molar-refractivity contribution is -0.137. The highest BCUT2D eigenvalue weighted by Crippen LogP contribution is 2.26. The molecule has 0 aromatic heterocycles. The summed E-state index contributed by atoms with van der Waals surface area (Å²) < 4.78 is 0. The second-order valence-corrected chi connectivity index (χ2v) is 6.76. The molecule has 0 aliphatic carbocycles. The fraction of sp³-hybridized carbons (Fsp3) is 0.562. The van der Waals surface area contributed by atoms with E-state index >= 15 is 0 Å². The van der Waals surface area contributed by atoms with E-state index in [2.05, 4.69) is 22.3 Å². The lowest BCUT2D eigenvalue weighted by Gasteiger charge is -2.38. The molecule has 1 aromatic rings. The van der Waals surface area contributed by atoms with Gasteiger partial charge in [0.1, 0.15) is 6.04 Å². The van der Waals surface area contributed by atoms with E-state index in [4.69, 9.17) is 0 Å². The molecule has 0 saturated carbocycles. The van der Waals surface area contributed by atoms with E-state index in [0.717, 1.165) is 56.3 Å². The fourth-order valence-electron chi connectivity index (χ4n) is 3.04. The van der Waals surface area contributed by atoms with E-state index in [-0.39, 0.29) is 24.4 Å². The molecule has 0 spiro atoms. The maximum atomic E-state index is 13.0. The molecule has 0 bridgehead atoms. The Kier molecular flexibility index (Phi) is 7.02. The van der Waals surface area contributed by atoms with Gasteiger partial charge in [-0.25, -0.2) is 0 Å². The summed E-state index contributed by atoms with van der Waals surface area (Å²) in [5.41, 5.74) is 1.13. The van der Waals surface area contributed by atoms with Gasteiger partial charge >= 0.3 is 0 Å². The minimum atomic E-state index is -0.106. The van der Waals surface area contributed by atoms with Gasteiger partial charge in [0.05, 0.1) is 0 Å². The van der Waals surface area contributed by atoms with Gasteiger partial charge in [0, 0.05) is 50.8 Å². The first-order chi connectivity index (χ1) is 10.4. The Morgan fingerprint density at radius 1 is 1.05 bits per heavy atom. The number of hydrogen-bond donors (Lipinski definition) is 1. The van der Waals surface area contributed by atoms with Crippen LogP contribution in [0.2, 0.25) is 0 Å². The molecule has 2 aliphatic heterocycles. The highest BCUT2D eigenvalue weighted by Gasteiger charge is 2.32. The van der Waals surface area contributed by atoms with Gasteiger partial charge in [-0.15, -0.1) is 12.4 Å². The molecule has 1 aromatic carbocycles. The Morgan fingerprint density at radius 2 is 1.68 bits per heavy atom. The molecule has 22 heavy (non-hydrogen) atoms. The summed E-state index contributed by atoms with van der Waals surface area (Å²) in [7, 11) is 0. The van der Waals surface area contributed by atoms with Gasteiger partial charge in [-0.3, -0.25) is 9.69 Å². The smallest absolute Gasteiger partial charge is 0.244 e. The molecule has 2 saturated heterocycles. The molecule has 4 nitrogen and oxygen atoms in total. The maximum absolute atomic E-state index is 13.0. The van der Waals surface area contributed by atoms with E-state index in [9.17, 15) is 4.79 Å². The van der Waals surface area contributed by atoms with Crippen LogP contribution in [0, 0.1) is 0 Å². The Morgan fingerprint density at radius 3 is 2.32 bits per heavy atom. The summed E-state index contributed by atoms with van der Waals surface area (Å²) >= 11 is 1.98. The second kappa shape index (κ2) is 8.77. The summed E-state index contributed by atoms with van der Waals surface area (Å²) in [5.74, 6) is 2.52. The maximum Gasteiger partial charge on any atom is 0.244 e. The molecule has 0 radical (unpaired) electrons. The van der Waals surface area contributed by atoms with Crippen molar-refractivity contribution < 1.29 is 4.79 Å². The lowest BCUT2D eigenvalue weighted by atomic mass is 10.0. The van der Waals surface area contributed by atoms with Gasteiger partial charge in [0.2, 0.25) is 5.91 Å². The lowest BCUT2D eigenvalue weighted by Crippen LogP contribution is -2.51. The number of thioether (sulfide) groups is 1. The summed E-state index contributed by atoms with van der Waals surface area (Å²) in [6.07, 6.45) is 0. The molecule has 6 heteroatoms. The zero-order chi connectivity index (χ0) is 14.5. The average molecular weight is 342 g/mol. The van der Waals surface area contributed by atoms with Gasteiger partial charge in [-0.1, -0.05) is 30.3 Å². The summed E-state index contributed by atoms with van der Waals surface area (Å²) in [6, 6.07) is 10.2. The number of carbonyl (C=O) groups excluding carboxylic acids is 1. The Labute approximate surface area is 143 Å². The highest BCUT2D eigenvalue weighted by atomic mass is 35.5. The first-order valence-electron chi connectivity index (χ1n) is 7.72. The minimum Gasteiger partial charge on any atom is -0.338 e. The molecule has 2 aliphatic rings. The van der Waals surface area contributed by atoms with Gasteiger partial charge in [-0.05, 0) is 5.56 Å². The predicted molar refractivity (Wildman–Crippen MR) is 94.8 cm³/mol. The van der Waals surface area contributed by atoms with Crippen LogP contribution in [0.25, 0.3) is 0 Å². The van der Waals surface area contributed by atoms with Crippen molar-refractivity contribution in [3.63, 3.8) is 0 Å². The summed E-state index contributed by atoms with van der Waals surface area (Å²) in [6.45, 7) is 5.46. The van der Waals surface area contributed by atoms with Crippen molar-refractivity contribution in [2.45, 2.75) is 6.04 Å². The predicted octanol–water partition coefficient (Wildman–Crippen LogP) is 1.63. The van der Waals surface area contributed by atoms with Crippen LogP contribution in [0.3, 0.4) is 0 Å². The van der Waals surface area contributed by atoms with Crippen LogP contribution in [0.4, 0.5) is 0 Å². The van der Waals surface area contributed by atoms with Crippen LogP contribution in [0.5, 0.6) is 0 Å². The van der Waals surface area contributed by atoms with Crippen LogP contribution in [0.1, 0.15) is 11.6 Å². The number of nitrogens with one attached hydrogen (secondary N) is 1. The molecule has 122 valence electrons. The zero-order valence-corrected chi connectivity index (χ0v) is 14.4. The SMILES string of the molecule is Cl.O=C(C(c1ccccc1)N1CCSCC1)N1CCNCC1. The standard InChI is InChI=1S/C16H23N3OS.ClH/c20-16(19-8-6-17-7-9-19)15(14-4-2-1-3-5-14)18-10-12-21-13-11-18;/h1-5,15,17H,6-13H2;1H. The van der Waals surface area contributed by atoms with E-state index in [1.807, 2.05) is 34.9 Å². The van der Waals surface area contributed by atoms with Crippen molar-refractivity contribution in [2.24, 2.45) is 0 Å². The monoisotopic (exact) mass is 341 g/mol. The zero-order valence-electron chi connectivity index (χ0n) is 12.7. The van der Waals surface area contributed by atoms with Crippen LogP contribution in [-0.2, 0) is 4.79 Å². The fourth-order valence-corrected chi connectivity index (χ4v) is 3.97. The normalized spacial score (nSPS) is 21.0. The third-order valence-electron chi connectivity index (χ3n) is 4.19. The number of halogens is 1. The molecule has 1 N–H and O–H groups in total. The Bertz CT molecular complexity index is 462. The highest BCUT2D eigenvalue weighted by molar-refractivity contribution is 7.99.